The Balaban J connectivity index is 1.80. The van der Waals surface area contributed by atoms with Gasteiger partial charge in [-0.15, -0.1) is 11.8 Å². The van der Waals surface area contributed by atoms with E-state index in [0.717, 1.165) is 5.92 Å². The third-order valence-electron chi connectivity index (χ3n) is 4.57. The van der Waals surface area contributed by atoms with Crippen molar-refractivity contribution < 1.29 is 0 Å². The van der Waals surface area contributed by atoms with Gasteiger partial charge >= 0.3 is 0 Å². The van der Waals surface area contributed by atoms with Crippen LogP contribution in [0, 0.1) is 0 Å². The van der Waals surface area contributed by atoms with Crippen LogP contribution < -0.4 is 0 Å². The van der Waals surface area contributed by atoms with Gasteiger partial charge in [0.2, 0.25) is 0 Å². The van der Waals surface area contributed by atoms with Gasteiger partial charge < -0.3 is 9.80 Å². The summed E-state index contributed by atoms with van der Waals surface area (Å²) in [5.41, 5.74) is 1.57. The van der Waals surface area contributed by atoms with Gasteiger partial charge in [-0.3, -0.25) is 0 Å². The van der Waals surface area contributed by atoms with Gasteiger partial charge in [-0.2, -0.15) is 0 Å². The quantitative estimate of drug-likeness (QED) is 0.682. The van der Waals surface area contributed by atoms with Gasteiger partial charge in [0.1, 0.15) is 0 Å². The van der Waals surface area contributed by atoms with Gasteiger partial charge in [-0.25, -0.2) is 0 Å². The van der Waals surface area contributed by atoms with E-state index in [1.165, 1.54) is 56.3 Å². The van der Waals surface area contributed by atoms with Gasteiger partial charge in [0.15, 0.2) is 0 Å². The molecule has 0 saturated heterocycles. The molecule has 0 N–H and O–H groups in total. The molecule has 118 valence electrons. The first-order valence-corrected chi connectivity index (χ1v) is 9.43. The number of benzene rings is 1. The van der Waals surface area contributed by atoms with Crippen molar-refractivity contribution in [2.75, 3.05) is 45.0 Å². The normalized spacial score (nSPS) is 17.7. The number of fused-ring (bicyclic) bond motifs is 1. The van der Waals surface area contributed by atoms with Crippen LogP contribution in [-0.4, -0.2) is 54.8 Å². The molecule has 1 unspecified atom stereocenters. The minimum absolute atomic E-state index is 0.722. The maximum Gasteiger partial charge on any atom is 0.0108 e. The number of likely N-dealkylation sites (N-methyl/N-ethyl adjacent to an activating group) is 1. The summed E-state index contributed by atoms with van der Waals surface area (Å²) in [6.45, 7) is 14.0. The zero-order valence-corrected chi connectivity index (χ0v) is 14.7. The van der Waals surface area contributed by atoms with Crippen molar-refractivity contribution >= 4 is 11.8 Å². The smallest absolute Gasteiger partial charge is 0.0108 e. The van der Waals surface area contributed by atoms with Crippen molar-refractivity contribution in [2.24, 2.45) is 0 Å². The first kappa shape index (κ1) is 16.9. The first-order chi connectivity index (χ1) is 10.3. The molecule has 3 heteroatoms. The van der Waals surface area contributed by atoms with E-state index in [0.29, 0.717) is 0 Å². The van der Waals surface area contributed by atoms with E-state index < -0.39 is 0 Å². The van der Waals surface area contributed by atoms with Crippen molar-refractivity contribution in [1.29, 1.82) is 0 Å². The zero-order chi connectivity index (χ0) is 15.1. The van der Waals surface area contributed by atoms with Gasteiger partial charge in [-0.05, 0) is 50.8 Å². The molecule has 0 fully saturated rings. The molecule has 1 aliphatic heterocycles. The van der Waals surface area contributed by atoms with E-state index in [1.54, 1.807) is 5.56 Å². The molecular weight excluding hydrogens is 276 g/mol. The molecule has 0 aromatic heterocycles. The predicted octanol–water partition coefficient (Wildman–Crippen LogP) is 3.93. The van der Waals surface area contributed by atoms with E-state index in [1.807, 2.05) is 11.8 Å². The molecule has 1 aromatic carbocycles. The van der Waals surface area contributed by atoms with Crippen LogP contribution in [0.1, 0.15) is 38.7 Å². The van der Waals surface area contributed by atoms with Crippen LogP contribution >= 0.6 is 11.8 Å². The third-order valence-corrected chi connectivity index (χ3v) is 5.82. The summed E-state index contributed by atoms with van der Waals surface area (Å²) in [5.74, 6) is 1.98. The molecule has 1 aliphatic rings. The number of thioether (sulfide) groups is 1. The van der Waals surface area contributed by atoms with Gasteiger partial charge in [0, 0.05) is 23.1 Å². The topological polar surface area (TPSA) is 6.48 Å². The highest BCUT2D eigenvalue weighted by molar-refractivity contribution is 7.99. The molecule has 2 rings (SSSR count). The standard InChI is InChI=1S/C18H30N2S/c1-4-19(5-2)12-9-13-20(6-3)14-16-15-21-18-11-8-7-10-17(16)18/h7-8,10-11,16H,4-6,9,12-15H2,1-3H3. The molecule has 1 aromatic rings. The average molecular weight is 307 g/mol. The summed E-state index contributed by atoms with van der Waals surface area (Å²) >= 11 is 2.03. The largest absolute Gasteiger partial charge is 0.304 e. The zero-order valence-electron chi connectivity index (χ0n) is 13.8. The maximum absolute atomic E-state index is 2.64. The van der Waals surface area contributed by atoms with Crippen LogP contribution in [0.25, 0.3) is 0 Å². The minimum Gasteiger partial charge on any atom is -0.304 e. The second-order valence-corrected chi connectivity index (χ2v) is 6.88. The summed E-state index contributed by atoms with van der Waals surface area (Å²) in [4.78, 5) is 6.66. The molecule has 2 nitrogen and oxygen atoms in total. The molecule has 0 bridgehead atoms. The van der Waals surface area contributed by atoms with Gasteiger partial charge in [-0.1, -0.05) is 39.0 Å². The lowest BCUT2D eigenvalue weighted by molar-refractivity contribution is 0.237. The molecular formula is C18H30N2S. The number of nitrogens with zero attached hydrogens (tertiary/aromatic N) is 2. The van der Waals surface area contributed by atoms with Crippen molar-refractivity contribution in [2.45, 2.75) is 38.0 Å². The Kier molecular flexibility index (Phi) is 7.08. The molecule has 21 heavy (non-hydrogen) atoms. The van der Waals surface area contributed by atoms with E-state index in [9.17, 15) is 0 Å². The van der Waals surface area contributed by atoms with Gasteiger partial charge in [0.05, 0.1) is 0 Å². The summed E-state index contributed by atoms with van der Waals surface area (Å²) < 4.78 is 0. The fraction of sp³-hybridized carbons (Fsp3) is 0.667. The highest BCUT2D eigenvalue weighted by atomic mass is 32.2. The SMILES string of the molecule is CCN(CC)CCCN(CC)CC1CSc2ccccc21. The first-order valence-electron chi connectivity index (χ1n) is 8.44. The number of hydrogen-bond acceptors (Lipinski definition) is 3. The summed E-state index contributed by atoms with van der Waals surface area (Å²) in [7, 11) is 0. The molecule has 0 amide bonds. The van der Waals surface area contributed by atoms with Crippen molar-refractivity contribution in [3.63, 3.8) is 0 Å². The molecule has 0 aliphatic carbocycles. The molecule has 0 spiro atoms. The van der Waals surface area contributed by atoms with Crippen LogP contribution in [-0.2, 0) is 0 Å². The van der Waals surface area contributed by atoms with Crippen molar-refractivity contribution in [3.05, 3.63) is 29.8 Å². The van der Waals surface area contributed by atoms with Crippen LogP contribution in [0.5, 0.6) is 0 Å². The summed E-state index contributed by atoms with van der Waals surface area (Å²) in [6.07, 6.45) is 1.29. The highest BCUT2D eigenvalue weighted by Gasteiger charge is 2.24. The molecule has 1 heterocycles. The van der Waals surface area contributed by atoms with Crippen LogP contribution in [0.15, 0.2) is 29.2 Å². The average Bonchev–Trinajstić information content (AvgIpc) is 2.93. The Labute approximate surface area is 134 Å². The van der Waals surface area contributed by atoms with Crippen molar-refractivity contribution in [3.8, 4) is 0 Å². The maximum atomic E-state index is 2.64. The van der Waals surface area contributed by atoms with Gasteiger partial charge in [0.25, 0.3) is 0 Å². The fourth-order valence-electron chi connectivity index (χ4n) is 3.13. The highest BCUT2D eigenvalue weighted by Crippen LogP contribution is 2.39. The van der Waals surface area contributed by atoms with E-state index >= 15 is 0 Å². The van der Waals surface area contributed by atoms with Crippen LogP contribution in [0.3, 0.4) is 0 Å². The lowest BCUT2D eigenvalue weighted by Crippen LogP contribution is -2.32. The van der Waals surface area contributed by atoms with Crippen LogP contribution in [0.2, 0.25) is 0 Å². The third kappa shape index (κ3) is 4.73. The summed E-state index contributed by atoms with van der Waals surface area (Å²) in [5, 5.41) is 0. The van der Waals surface area contributed by atoms with E-state index in [-0.39, 0.29) is 0 Å². The number of hydrogen-bond donors (Lipinski definition) is 0. The van der Waals surface area contributed by atoms with Crippen LogP contribution in [0.4, 0.5) is 0 Å². The minimum atomic E-state index is 0.722. The molecule has 0 saturated carbocycles. The Hall–Kier alpha value is -0.510. The lowest BCUT2D eigenvalue weighted by atomic mass is 10.0. The van der Waals surface area contributed by atoms with E-state index in [4.69, 9.17) is 0 Å². The second kappa shape index (κ2) is 8.82. The molecule has 1 atom stereocenters. The summed E-state index contributed by atoms with van der Waals surface area (Å²) in [6, 6.07) is 8.95. The van der Waals surface area contributed by atoms with E-state index in [2.05, 4.69) is 54.8 Å². The fourth-order valence-corrected chi connectivity index (χ4v) is 4.37. The Morgan fingerprint density at radius 1 is 1.00 bits per heavy atom. The Bertz CT molecular complexity index is 417. The number of rotatable bonds is 9. The molecule has 0 radical (unpaired) electrons. The second-order valence-electron chi connectivity index (χ2n) is 5.82. The monoisotopic (exact) mass is 306 g/mol. The Morgan fingerprint density at radius 3 is 2.38 bits per heavy atom. The Morgan fingerprint density at radius 2 is 1.67 bits per heavy atom. The predicted molar refractivity (Wildman–Crippen MR) is 94.4 cm³/mol. The van der Waals surface area contributed by atoms with Crippen molar-refractivity contribution in [1.82, 2.24) is 9.80 Å². The lowest BCUT2D eigenvalue weighted by Gasteiger charge is -2.26.